The molecule has 112 valence electrons. The Bertz CT molecular complexity index is 247. The van der Waals surface area contributed by atoms with Crippen LogP contribution in [0, 0.1) is 5.92 Å². The first kappa shape index (κ1) is 16.4. The number of ether oxygens (including phenoxy) is 1. The van der Waals surface area contributed by atoms with Gasteiger partial charge in [-0.25, -0.2) is 0 Å². The van der Waals surface area contributed by atoms with Crippen molar-refractivity contribution in [1.29, 1.82) is 0 Å². The topological polar surface area (TPSA) is 64.4 Å². The molecule has 0 aliphatic carbocycles. The molecule has 1 saturated heterocycles. The van der Waals surface area contributed by atoms with Crippen LogP contribution in [0.3, 0.4) is 0 Å². The summed E-state index contributed by atoms with van der Waals surface area (Å²) in [5.74, 6) is 0.750. The van der Waals surface area contributed by atoms with Crippen LogP contribution >= 0.6 is 0 Å². The highest BCUT2D eigenvalue weighted by atomic mass is 16.5. The van der Waals surface area contributed by atoms with E-state index in [1.807, 2.05) is 6.92 Å². The summed E-state index contributed by atoms with van der Waals surface area (Å²) in [4.78, 5) is 11.9. The average molecular weight is 270 g/mol. The Morgan fingerprint density at radius 1 is 1.42 bits per heavy atom. The summed E-state index contributed by atoms with van der Waals surface area (Å²) in [5, 5.41) is 3.07. The minimum absolute atomic E-state index is 0.133. The van der Waals surface area contributed by atoms with Crippen LogP contribution in [0.4, 0.5) is 0 Å². The smallest absolute Gasteiger partial charge is 0.220 e. The standard InChI is InChI=1S/C15H30N2O2/c1-3-5-13(9-10-16)7-8-15(18)17-12(2)14-6-4-11-19-14/h12-14H,3-11,16H2,1-2H3,(H,17,18). The zero-order chi connectivity index (χ0) is 14.1. The molecule has 1 heterocycles. The first-order valence-corrected chi connectivity index (χ1v) is 7.78. The summed E-state index contributed by atoms with van der Waals surface area (Å²) in [6.07, 6.45) is 7.32. The molecular weight excluding hydrogens is 240 g/mol. The van der Waals surface area contributed by atoms with Gasteiger partial charge in [0.25, 0.3) is 0 Å². The number of rotatable bonds is 9. The fourth-order valence-electron chi connectivity index (χ4n) is 2.83. The summed E-state index contributed by atoms with van der Waals surface area (Å²) in [6, 6.07) is 0.133. The van der Waals surface area contributed by atoms with E-state index in [9.17, 15) is 4.79 Å². The molecule has 0 aromatic carbocycles. The molecule has 0 radical (unpaired) electrons. The molecule has 3 atom stereocenters. The van der Waals surface area contributed by atoms with E-state index >= 15 is 0 Å². The summed E-state index contributed by atoms with van der Waals surface area (Å²) in [6.45, 7) is 5.78. The third-order valence-corrected chi connectivity index (χ3v) is 3.96. The molecule has 1 rings (SSSR count). The van der Waals surface area contributed by atoms with E-state index in [1.54, 1.807) is 0 Å². The third-order valence-electron chi connectivity index (χ3n) is 3.96. The summed E-state index contributed by atoms with van der Waals surface area (Å²) in [7, 11) is 0. The van der Waals surface area contributed by atoms with Gasteiger partial charge in [0, 0.05) is 13.0 Å². The molecule has 3 unspecified atom stereocenters. The molecule has 1 fully saturated rings. The van der Waals surface area contributed by atoms with Crippen molar-refractivity contribution < 1.29 is 9.53 Å². The number of nitrogens with one attached hydrogen (secondary N) is 1. The number of hydrogen-bond donors (Lipinski definition) is 2. The lowest BCUT2D eigenvalue weighted by molar-refractivity contribution is -0.122. The Kier molecular flexibility index (Phi) is 8.07. The van der Waals surface area contributed by atoms with Crippen molar-refractivity contribution in [2.24, 2.45) is 11.7 Å². The molecule has 19 heavy (non-hydrogen) atoms. The van der Waals surface area contributed by atoms with Crippen molar-refractivity contribution in [2.75, 3.05) is 13.2 Å². The Morgan fingerprint density at radius 2 is 2.21 bits per heavy atom. The van der Waals surface area contributed by atoms with E-state index < -0.39 is 0 Å². The summed E-state index contributed by atoms with van der Waals surface area (Å²) in [5.41, 5.74) is 5.61. The number of hydrogen-bond acceptors (Lipinski definition) is 3. The molecule has 4 heteroatoms. The van der Waals surface area contributed by atoms with Crippen LogP contribution in [0.2, 0.25) is 0 Å². The van der Waals surface area contributed by atoms with Crippen LogP contribution in [0.15, 0.2) is 0 Å². The van der Waals surface area contributed by atoms with Crippen molar-refractivity contribution >= 4 is 5.91 Å². The van der Waals surface area contributed by atoms with Gasteiger partial charge in [0.1, 0.15) is 0 Å². The van der Waals surface area contributed by atoms with Crippen molar-refractivity contribution in [3.8, 4) is 0 Å². The fourth-order valence-corrected chi connectivity index (χ4v) is 2.83. The second-order valence-electron chi connectivity index (χ2n) is 5.68. The van der Waals surface area contributed by atoms with Gasteiger partial charge < -0.3 is 15.8 Å². The SMILES string of the molecule is CCCC(CCN)CCC(=O)NC(C)C1CCCO1. The average Bonchev–Trinajstić information content (AvgIpc) is 2.90. The van der Waals surface area contributed by atoms with E-state index in [2.05, 4.69) is 12.2 Å². The van der Waals surface area contributed by atoms with Gasteiger partial charge >= 0.3 is 0 Å². The number of nitrogens with two attached hydrogens (primary N) is 1. The second-order valence-corrected chi connectivity index (χ2v) is 5.68. The number of amides is 1. The van der Waals surface area contributed by atoms with Crippen LogP contribution < -0.4 is 11.1 Å². The maximum Gasteiger partial charge on any atom is 0.220 e. The maximum atomic E-state index is 11.9. The van der Waals surface area contributed by atoms with Gasteiger partial charge in [0.15, 0.2) is 0 Å². The Hall–Kier alpha value is -0.610. The van der Waals surface area contributed by atoms with E-state index in [4.69, 9.17) is 10.5 Å². The molecule has 0 saturated carbocycles. The highest BCUT2D eigenvalue weighted by Gasteiger charge is 2.23. The van der Waals surface area contributed by atoms with Gasteiger partial charge in [-0.1, -0.05) is 19.8 Å². The molecule has 1 aliphatic heterocycles. The molecular formula is C15H30N2O2. The van der Waals surface area contributed by atoms with E-state index in [0.29, 0.717) is 12.3 Å². The minimum atomic E-state index is 0.133. The van der Waals surface area contributed by atoms with E-state index in [-0.39, 0.29) is 18.1 Å². The maximum absolute atomic E-state index is 11.9. The van der Waals surface area contributed by atoms with Crippen molar-refractivity contribution in [2.45, 2.75) is 70.9 Å². The van der Waals surface area contributed by atoms with Gasteiger partial charge in [0.05, 0.1) is 12.1 Å². The van der Waals surface area contributed by atoms with Crippen LogP contribution in [0.25, 0.3) is 0 Å². The zero-order valence-corrected chi connectivity index (χ0v) is 12.5. The van der Waals surface area contributed by atoms with Gasteiger partial charge in [0.2, 0.25) is 5.91 Å². The lowest BCUT2D eigenvalue weighted by Crippen LogP contribution is -2.40. The molecule has 1 aliphatic rings. The van der Waals surface area contributed by atoms with Crippen LogP contribution in [-0.2, 0) is 9.53 Å². The van der Waals surface area contributed by atoms with Crippen molar-refractivity contribution in [3.05, 3.63) is 0 Å². The number of carbonyl (C=O) groups is 1. The Labute approximate surface area is 117 Å². The number of carbonyl (C=O) groups excluding carboxylic acids is 1. The molecule has 4 nitrogen and oxygen atoms in total. The minimum Gasteiger partial charge on any atom is -0.376 e. The van der Waals surface area contributed by atoms with Gasteiger partial charge in [-0.15, -0.1) is 0 Å². The molecule has 1 amide bonds. The first-order valence-electron chi connectivity index (χ1n) is 7.78. The normalized spacial score (nSPS) is 22.2. The van der Waals surface area contributed by atoms with Crippen LogP contribution in [0.5, 0.6) is 0 Å². The molecule has 0 aromatic rings. The van der Waals surface area contributed by atoms with Crippen LogP contribution in [0.1, 0.15) is 58.8 Å². The molecule has 0 aromatic heterocycles. The molecule has 3 N–H and O–H groups in total. The van der Waals surface area contributed by atoms with Crippen molar-refractivity contribution in [1.82, 2.24) is 5.32 Å². The summed E-state index contributed by atoms with van der Waals surface area (Å²) < 4.78 is 5.59. The van der Waals surface area contributed by atoms with Crippen LogP contribution in [-0.4, -0.2) is 31.2 Å². The zero-order valence-electron chi connectivity index (χ0n) is 12.5. The van der Waals surface area contributed by atoms with Gasteiger partial charge in [-0.3, -0.25) is 4.79 Å². The summed E-state index contributed by atoms with van der Waals surface area (Å²) >= 11 is 0. The lowest BCUT2D eigenvalue weighted by Gasteiger charge is -2.21. The van der Waals surface area contributed by atoms with Crippen molar-refractivity contribution in [3.63, 3.8) is 0 Å². The van der Waals surface area contributed by atoms with E-state index in [1.165, 1.54) is 12.8 Å². The second kappa shape index (κ2) is 9.32. The van der Waals surface area contributed by atoms with Gasteiger partial charge in [-0.2, -0.15) is 0 Å². The molecule has 0 bridgehead atoms. The Morgan fingerprint density at radius 3 is 2.79 bits per heavy atom. The highest BCUT2D eigenvalue weighted by Crippen LogP contribution is 2.18. The van der Waals surface area contributed by atoms with E-state index in [0.717, 1.165) is 38.8 Å². The lowest BCUT2D eigenvalue weighted by atomic mass is 9.94. The quantitative estimate of drug-likeness (QED) is 0.675. The largest absolute Gasteiger partial charge is 0.376 e. The van der Waals surface area contributed by atoms with Gasteiger partial charge in [-0.05, 0) is 45.1 Å². The predicted octanol–water partition coefficient (Wildman–Crippen LogP) is 2.22. The highest BCUT2D eigenvalue weighted by molar-refractivity contribution is 5.76. The Balaban J connectivity index is 2.21. The fraction of sp³-hybridized carbons (Fsp3) is 0.933. The first-order chi connectivity index (χ1) is 9.17. The predicted molar refractivity (Wildman–Crippen MR) is 77.9 cm³/mol. The molecule has 0 spiro atoms. The monoisotopic (exact) mass is 270 g/mol. The third kappa shape index (κ3) is 6.39.